The molecule has 2 aromatic rings. The smallest absolute Gasteiger partial charge is 0.372 e. The third-order valence-electron chi connectivity index (χ3n) is 4.31. The largest absolute Gasteiger partial charge is 0.491 e. The summed E-state index contributed by atoms with van der Waals surface area (Å²) in [6.45, 7) is 2.56. The van der Waals surface area contributed by atoms with Crippen LogP contribution < -0.4 is 4.74 Å². The zero-order valence-electron chi connectivity index (χ0n) is 14.7. The predicted molar refractivity (Wildman–Crippen MR) is 94.8 cm³/mol. The van der Waals surface area contributed by atoms with E-state index >= 15 is 0 Å². The van der Waals surface area contributed by atoms with Crippen LogP contribution in [-0.2, 0) is 11.2 Å². The molecule has 3 rings (SSSR count). The van der Waals surface area contributed by atoms with Crippen molar-refractivity contribution >= 4 is 17.8 Å². The number of ether oxygens (including phenoxy) is 2. The van der Waals surface area contributed by atoms with Crippen molar-refractivity contribution in [3.8, 4) is 5.75 Å². The first-order chi connectivity index (χ1) is 12.5. The zero-order valence-corrected chi connectivity index (χ0v) is 14.7. The second kappa shape index (κ2) is 7.58. The van der Waals surface area contributed by atoms with Crippen molar-refractivity contribution in [1.29, 1.82) is 0 Å². The van der Waals surface area contributed by atoms with Gasteiger partial charge in [0, 0.05) is 24.7 Å². The number of fused-ring (bicyclic) bond motifs is 1. The molecule has 0 fully saturated rings. The lowest BCUT2D eigenvalue weighted by Crippen LogP contribution is -2.13. The fraction of sp³-hybridized carbons (Fsp3) is 0.300. The molecule has 0 unspecified atom stereocenters. The normalized spacial score (nSPS) is 15.2. The molecule has 1 aliphatic rings. The van der Waals surface area contributed by atoms with Gasteiger partial charge in [0.2, 0.25) is 5.76 Å². The van der Waals surface area contributed by atoms with Gasteiger partial charge in [-0.15, -0.1) is 0 Å². The lowest BCUT2D eigenvalue weighted by Gasteiger charge is -2.13. The number of hydrogen-bond donors (Lipinski definition) is 1. The summed E-state index contributed by atoms with van der Waals surface area (Å²) in [4.78, 5) is 24.0. The van der Waals surface area contributed by atoms with Crippen LogP contribution in [0.25, 0.3) is 6.08 Å². The van der Waals surface area contributed by atoms with E-state index in [0.717, 1.165) is 5.56 Å². The van der Waals surface area contributed by atoms with Gasteiger partial charge in [0.25, 0.3) is 0 Å². The molecule has 1 N–H and O–H groups in total. The maximum atomic E-state index is 12.8. The lowest BCUT2D eigenvalue weighted by molar-refractivity contribution is 0.0659. The van der Waals surface area contributed by atoms with E-state index in [-0.39, 0.29) is 11.5 Å². The quantitative estimate of drug-likeness (QED) is 0.629. The molecule has 26 heavy (non-hydrogen) atoms. The monoisotopic (exact) mass is 356 g/mol. The molecule has 136 valence electrons. The Balaban J connectivity index is 1.86. The standard InChI is InChI=1S/C20H20O6/c1-12-17-16(26-19(12)20(22)23)7-6-14(18(17)21)10-13-4-3-5-15(11-13)25-9-8-24-2/h3-5,10-11H,6-9H2,1-2H3,(H,22,23). The van der Waals surface area contributed by atoms with Gasteiger partial charge in [-0.05, 0) is 37.1 Å². The molecule has 0 aliphatic heterocycles. The summed E-state index contributed by atoms with van der Waals surface area (Å²) >= 11 is 0. The summed E-state index contributed by atoms with van der Waals surface area (Å²) < 4.78 is 15.9. The van der Waals surface area contributed by atoms with Crippen molar-refractivity contribution in [2.75, 3.05) is 20.3 Å². The Morgan fingerprint density at radius 3 is 2.85 bits per heavy atom. The Morgan fingerprint density at radius 2 is 2.12 bits per heavy atom. The summed E-state index contributed by atoms with van der Waals surface area (Å²) in [6.07, 6.45) is 2.83. The molecule has 0 atom stereocenters. The van der Waals surface area contributed by atoms with Gasteiger partial charge in [-0.3, -0.25) is 4.79 Å². The van der Waals surface area contributed by atoms with Crippen molar-refractivity contribution in [3.63, 3.8) is 0 Å². The number of carbonyl (C=O) groups excluding carboxylic acids is 1. The van der Waals surface area contributed by atoms with E-state index in [2.05, 4.69) is 0 Å². The number of hydrogen-bond acceptors (Lipinski definition) is 5. The highest BCUT2D eigenvalue weighted by atomic mass is 16.5. The zero-order chi connectivity index (χ0) is 18.7. The molecule has 6 nitrogen and oxygen atoms in total. The molecule has 0 amide bonds. The van der Waals surface area contributed by atoms with Crippen molar-refractivity contribution in [1.82, 2.24) is 0 Å². The third kappa shape index (κ3) is 3.55. The molecule has 1 aliphatic carbocycles. The minimum Gasteiger partial charge on any atom is -0.491 e. The molecular weight excluding hydrogens is 336 g/mol. The Kier molecular flexibility index (Phi) is 5.23. The first kappa shape index (κ1) is 17.9. The summed E-state index contributed by atoms with van der Waals surface area (Å²) in [5.74, 6) is -0.327. The topological polar surface area (TPSA) is 86.0 Å². The number of carboxylic acid groups (broad SMARTS) is 1. The average molecular weight is 356 g/mol. The van der Waals surface area contributed by atoms with Crippen LogP contribution in [0.15, 0.2) is 34.3 Å². The summed E-state index contributed by atoms with van der Waals surface area (Å²) in [7, 11) is 1.61. The number of rotatable bonds is 6. The van der Waals surface area contributed by atoms with Crippen molar-refractivity contribution in [2.45, 2.75) is 19.8 Å². The second-order valence-corrected chi connectivity index (χ2v) is 6.07. The van der Waals surface area contributed by atoms with Crippen LogP contribution in [0.2, 0.25) is 0 Å². The Hall–Kier alpha value is -2.86. The molecule has 0 spiro atoms. The number of aromatic carboxylic acids is 1. The number of benzene rings is 1. The van der Waals surface area contributed by atoms with E-state index in [1.807, 2.05) is 30.3 Å². The third-order valence-corrected chi connectivity index (χ3v) is 4.31. The van der Waals surface area contributed by atoms with E-state index in [1.165, 1.54) is 0 Å². The molecule has 0 radical (unpaired) electrons. The number of furan rings is 1. The van der Waals surface area contributed by atoms with Gasteiger partial charge in [-0.1, -0.05) is 12.1 Å². The maximum absolute atomic E-state index is 12.8. The van der Waals surface area contributed by atoms with Gasteiger partial charge in [0.15, 0.2) is 5.78 Å². The number of Topliss-reactive ketones (excluding diaryl/α,β-unsaturated/α-hetero) is 1. The van der Waals surface area contributed by atoms with Gasteiger partial charge < -0.3 is 19.0 Å². The minimum atomic E-state index is -1.16. The van der Waals surface area contributed by atoms with Crippen molar-refractivity contribution < 1.29 is 28.6 Å². The van der Waals surface area contributed by atoms with Crippen LogP contribution in [0.5, 0.6) is 5.75 Å². The van der Waals surface area contributed by atoms with Gasteiger partial charge in [0.1, 0.15) is 18.1 Å². The lowest BCUT2D eigenvalue weighted by atomic mass is 9.88. The SMILES string of the molecule is COCCOc1cccc(C=C2CCc3oc(C(=O)O)c(C)c3C2=O)c1. The summed E-state index contributed by atoms with van der Waals surface area (Å²) in [5.41, 5.74) is 2.26. The molecule has 1 aromatic heterocycles. The minimum absolute atomic E-state index is 0.154. The highest BCUT2D eigenvalue weighted by molar-refractivity contribution is 6.14. The molecule has 0 saturated carbocycles. The molecule has 0 bridgehead atoms. The maximum Gasteiger partial charge on any atom is 0.372 e. The second-order valence-electron chi connectivity index (χ2n) is 6.07. The van der Waals surface area contributed by atoms with Gasteiger partial charge in [-0.25, -0.2) is 4.79 Å². The van der Waals surface area contributed by atoms with E-state index in [9.17, 15) is 14.7 Å². The van der Waals surface area contributed by atoms with Crippen molar-refractivity contribution in [2.24, 2.45) is 0 Å². The van der Waals surface area contributed by atoms with Gasteiger partial charge in [-0.2, -0.15) is 0 Å². The molecule has 0 saturated heterocycles. The number of carbonyl (C=O) groups is 2. The van der Waals surface area contributed by atoms with Gasteiger partial charge in [0.05, 0.1) is 12.2 Å². The van der Waals surface area contributed by atoms with Crippen LogP contribution in [0.3, 0.4) is 0 Å². The van der Waals surface area contributed by atoms with Crippen LogP contribution in [0.4, 0.5) is 0 Å². The molecule has 1 aromatic carbocycles. The van der Waals surface area contributed by atoms with Gasteiger partial charge >= 0.3 is 5.97 Å². The first-order valence-corrected chi connectivity index (χ1v) is 8.34. The number of aryl methyl sites for hydroxylation is 1. The number of ketones is 1. The van der Waals surface area contributed by atoms with Crippen LogP contribution >= 0.6 is 0 Å². The van der Waals surface area contributed by atoms with E-state index in [4.69, 9.17) is 13.9 Å². The number of allylic oxidation sites excluding steroid dienone is 1. The highest BCUT2D eigenvalue weighted by Gasteiger charge is 2.31. The highest BCUT2D eigenvalue weighted by Crippen LogP contribution is 2.33. The Bertz CT molecular complexity index is 874. The number of methoxy groups -OCH3 is 1. The van der Waals surface area contributed by atoms with Crippen molar-refractivity contribution in [3.05, 3.63) is 58.0 Å². The fourth-order valence-corrected chi connectivity index (χ4v) is 3.05. The Morgan fingerprint density at radius 1 is 1.31 bits per heavy atom. The molecule has 6 heteroatoms. The first-order valence-electron chi connectivity index (χ1n) is 8.34. The van der Waals surface area contributed by atoms with E-state index in [0.29, 0.717) is 54.3 Å². The summed E-state index contributed by atoms with van der Waals surface area (Å²) in [6, 6.07) is 7.46. The van der Waals surface area contributed by atoms with E-state index in [1.54, 1.807) is 14.0 Å². The predicted octanol–water partition coefficient (Wildman–Crippen LogP) is 3.52. The molecule has 1 heterocycles. The Labute approximate surface area is 151 Å². The van der Waals surface area contributed by atoms with Crippen LogP contribution in [0.1, 0.15) is 44.2 Å². The van der Waals surface area contributed by atoms with E-state index < -0.39 is 5.97 Å². The molecular formula is C20H20O6. The van der Waals surface area contributed by atoms with Crippen LogP contribution in [-0.4, -0.2) is 37.2 Å². The summed E-state index contributed by atoms with van der Waals surface area (Å²) in [5, 5.41) is 9.18. The average Bonchev–Trinajstić information content (AvgIpc) is 2.96. The van der Waals surface area contributed by atoms with Crippen LogP contribution in [0, 0.1) is 6.92 Å². The fourth-order valence-electron chi connectivity index (χ4n) is 3.05. The number of carboxylic acids is 1.